The van der Waals surface area contributed by atoms with E-state index in [4.69, 9.17) is 5.73 Å². The zero-order chi connectivity index (χ0) is 15.1. The Morgan fingerprint density at radius 3 is 2.05 bits per heavy atom. The van der Waals surface area contributed by atoms with Crippen molar-refractivity contribution >= 4 is 23.4 Å². The maximum Gasteiger partial charge on any atom is 0.232 e. The summed E-state index contributed by atoms with van der Waals surface area (Å²) in [6, 6.07) is 7.66. The fraction of sp³-hybridized carbons (Fsp3) is 0.562. The summed E-state index contributed by atoms with van der Waals surface area (Å²) < 4.78 is 0. The fourth-order valence-corrected chi connectivity index (χ4v) is 2.76. The molecule has 0 saturated carbocycles. The summed E-state index contributed by atoms with van der Waals surface area (Å²) in [6.07, 6.45) is 0. The van der Waals surface area contributed by atoms with Crippen LogP contribution in [0.3, 0.4) is 0 Å². The van der Waals surface area contributed by atoms with Gasteiger partial charge in [0.2, 0.25) is 5.91 Å². The monoisotopic (exact) mass is 294 g/mol. The molecule has 0 aliphatic heterocycles. The zero-order valence-electron chi connectivity index (χ0n) is 12.9. The molecule has 0 unspecified atom stereocenters. The molecule has 112 valence electrons. The maximum absolute atomic E-state index is 12.3. The predicted octanol–water partition coefficient (Wildman–Crippen LogP) is 3.50. The van der Waals surface area contributed by atoms with Gasteiger partial charge in [0.05, 0.1) is 5.75 Å². The lowest BCUT2D eigenvalue weighted by atomic mass is 10.1. The molecule has 0 saturated heterocycles. The standard InChI is InChI=1S/C16H26N2OS/c1-12(2)9-18(10-13(3)4)16(19)11-20-15-7-5-14(17)6-8-15/h5-8,12-13H,9-11,17H2,1-4H3. The quantitative estimate of drug-likeness (QED) is 0.618. The Bertz CT molecular complexity index is 405. The molecule has 2 N–H and O–H groups in total. The van der Waals surface area contributed by atoms with E-state index in [0.29, 0.717) is 17.6 Å². The van der Waals surface area contributed by atoms with E-state index in [2.05, 4.69) is 27.7 Å². The van der Waals surface area contributed by atoms with Gasteiger partial charge < -0.3 is 10.6 Å². The molecule has 1 rings (SSSR count). The molecular formula is C16H26N2OS. The van der Waals surface area contributed by atoms with Crippen LogP contribution in [0.5, 0.6) is 0 Å². The number of nitrogen functional groups attached to an aromatic ring is 1. The van der Waals surface area contributed by atoms with Gasteiger partial charge in [0, 0.05) is 23.7 Å². The lowest BCUT2D eigenvalue weighted by Crippen LogP contribution is -2.38. The molecule has 0 bridgehead atoms. The zero-order valence-corrected chi connectivity index (χ0v) is 13.7. The highest BCUT2D eigenvalue weighted by Gasteiger charge is 2.16. The molecule has 0 atom stereocenters. The Morgan fingerprint density at radius 2 is 1.60 bits per heavy atom. The lowest BCUT2D eigenvalue weighted by molar-refractivity contribution is -0.129. The van der Waals surface area contributed by atoms with Crippen molar-refractivity contribution in [3.05, 3.63) is 24.3 Å². The molecule has 1 amide bonds. The van der Waals surface area contributed by atoms with Crippen LogP contribution in [0.1, 0.15) is 27.7 Å². The number of amides is 1. The smallest absolute Gasteiger partial charge is 0.232 e. The molecule has 0 fully saturated rings. The van der Waals surface area contributed by atoms with Crippen molar-refractivity contribution in [2.75, 3.05) is 24.6 Å². The molecule has 0 aliphatic rings. The number of anilines is 1. The van der Waals surface area contributed by atoms with Crippen LogP contribution in [-0.2, 0) is 4.79 Å². The number of carbonyl (C=O) groups is 1. The van der Waals surface area contributed by atoms with Crippen LogP contribution in [0.25, 0.3) is 0 Å². The van der Waals surface area contributed by atoms with Gasteiger partial charge in [-0.15, -0.1) is 11.8 Å². The summed E-state index contributed by atoms with van der Waals surface area (Å²) in [5.74, 6) is 1.70. The van der Waals surface area contributed by atoms with Crippen molar-refractivity contribution in [2.24, 2.45) is 11.8 Å². The molecule has 1 aromatic rings. The van der Waals surface area contributed by atoms with Crippen molar-refractivity contribution in [2.45, 2.75) is 32.6 Å². The number of nitrogens with zero attached hydrogens (tertiary/aromatic N) is 1. The van der Waals surface area contributed by atoms with Crippen LogP contribution in [-0.4, -0.2) is 29.6 Å². The highest BCUT2D eigenvalue weighted by molar-refractivity contribution is 8.00. The van der Waals surface area contributed by atoms with Gasteiger partial charge in [-0.3, -0.25) is 4.79 Å². The number of hydrogen-bond donors (Lipinski definition) is 1. The third kappa shape index (κ3) is 6.33. The predicted molar refractivity (Wildman–Crippen MR) is 87.8 cm³/mol. The van der Waals surface area contributed by atoms with Gasteiger partial charge in [0.1, 0.15) is 0 Å². The topological polar surface area (TPSA) is 46.3 Å². The van der Waals surface area contributed by atoms with Gasteiger partial charge in [0.25, 0.3) is 0 Å². The summed E-state index contributed by atoms with van der Waals surface area (Å²) in [5.41, 5.74) is 6.41. The van der Waals surface area contributed by atoms with Gasteiger partial charge in [0.15, 0.2) is 0 Å². The number of rotatable bonds is 7. The number of carbonyl (C=O) groups excluding carboxylic acids is 1. The van der Waals surface area contributed by atoms with E-state index in [1.165, 1.54) is 0 Å². The Kier molecular flexibility index (Phi) is 6.93. The van der Waals surface area contributed by atoms with Crippen LogP contribution < -0.4 is 5.73 Å². The minimum absolute atomic E-state index is 0.217. The van der Waals surface area contributed by atoms with Crippen LogP contribution in [0, 0.1) is 11.8 Å². The largest absolute Gasteiger partial charge is 0.399 e. The first kappa shape index (κ1) is 16.9. The summed E-state index contributed by atoms with van der Waals surface area (Å²) in [4.78, 5) is 15.4. The van der Waals surface area contributed by atoms with Crippen molar-refractivity contribution < 1.29 is 4.79 Å². The second kappa shape index (κ2) is 8.20. The highest BCUT2D eigenvalue weighted by atomic mass is 32.2. The normalized spacial score (nSPS) is 11.1. The molecule has 0 heterocycles. The molecule has 0 radical (unpaired) electrons. The number of benzene rings is 1. The number of thioether (sulfide) groups is 1. The van der Waals surface area contributed by atoms with Gasteiger partial charge in [-0.2, -0.15) is 0 Å². The molecule has 0 aromatic heterocycles. The van der Waals surface area contributed by atoms with E-state index < -0.39 is 0 Å². The van der Waals surface area contributed by atoms with Crippen molar-refractivity contribution in [3.8, 4) is 0 Å². The lowest BCUT2D eigenvalue weighted by Gasteiger charge is -2.26. The average molecular weight is 294 g/mol. The Hall–Kier alpha value is -1.16. The summed E-state index contributed by atoms with van der Waals surface area (Å²) in [7, 11) is 0. The minimum atomic E-state index is 0.217. The molecule has 1 aromatic carbocycles. The second-order valence-corrected chi connectivity index (χ2v) is 6.99. The highest BCUT2D eigenvalue weighted by Crippen LogP contribution is 2.20. The third-order valence-electron chi connectivity index (χ3n) is 2.77. The van der Waals surface area contributed by atoms with E-state index in [1.54, 1.807) is 11.8 Å². The Morgan fingerprint density at radius 1 is 1.10 bits per heavy atom. The van der Waals surface area contributed by atoms with E-state index in [1.807, 2.05) is 29.2 Å². The summed E-state index contributed by atoms with van der Waals surface area (Å²) in [6.45, 7) is 10.3. The average Bonchev–Trinajstić information content (AvgIpc) is 2.36. The van der Waals surface area contributed by atoms with Gasteiger partial charge in [-0.05, 0) is 36.1 Å². The van der Waals surface area contributed by atoms with Crippen LogP contribution in [0.2, 0.25) is 0 Å². The van der Waals surface area contributed by atoms with E-state index in [0.717, 1.165) is 23.7 Å². The van der Waals surface area contributed by atoms with E-state index in [-0.39, 0.29) is 5.91 Å². The van der Waals surface area contributed by atoms with Crippen LogP contribution in [0.15, 0.2) is 29.2 Å². The number of nitrogens with two attached hydrogens (primary N) is 1. The molecule has 4 heteroatoms. The SMILES string of the molecule is CC(C)CN(CC(C)C)C(=O)CSc1ccc(N)cc1. The van der Waals surface area contributed by atoms with Crippen molar-refractivity contribution in [1.82, 2.24) is 4.90 Å². The van der Waals surface area contributed by atoms with Crippen LogP contribution in [0.4, 0.5) is 5.69 Å². The molecule has 3 nitrogen and oxygen atoms in total. The fourth-order valence-electron chi connectivity index (χ4n) is 1.96. The Balaban J connectivity index is 2.54. The first-order valence-electron chi connectivity index (χ1n) is 7.14. The van der Waals surface area contributed by atoms with E-state index >= 15 is 0 Å². The first-order chi connectivity index (χ1) is 9.38. The van der Waals surface area contributed by atoms with Crippen molar-refractivity contribution in [3.63, 3.8) is 0 Å². The van der Waals surface area contributed by atoms with Crippen LogP contribution >= 0.6 is 11.8 Å². The molecular weight excluding hydrogens is 268 g/mol. The van der Waals surface area contributed by atoms with Gasteiger partial charge >= 0.3 is 0 Å². The minimum Gasteiger partial charge on any atom is -0.399 e. The van der Waals surface area contributed by atoms with Gasteiger partial charge in [-0.25, -0.2) is 0 Å². The second-order valence-electron chi connectivity index (χ2n) is 5.94. The summed E-state index contributed by atoms with van der Waals surface area (Å²) in [5, 5.41) is 0. The maximum atomic E-state index is 12.3. The van der Waals surface area contributed by atoms with E-state index in [9.17, 15) is 4.79 Å². The van der Waals surface area contributed by atoms with Gasteiger partial charge in [-0.1, -0.05) is 27.7 Å². The Labute approximate surface area is 126 Å². The molecule has 20 heavy (non-hydrogen) atoms. The summed E-state index contributed by atoms with van der Waals surface area (Å²) >= 11 is 1.57. The molecule has 0 aliphatic carbocycles. The number of hydrogen-bond acceptors (Lipinski definition) is 3. The third-order valence-corrected chi connectivity index (χ3v) is 3.76. The molecule has 0 spiro atoms. The van der Waals surface area contributed by atoms with Crippen molar-refractivity contribution in [1.29, 1.82) is 0 Å². The first-order valence-corrected chi connectivity index (χ1v) is 8.13.